The summed E-state index contributed by atoms with van der Waals surface area (Å²) in [6, 6.07) is 7.01. The van der Waals surface area contributed by atoms with Gasteiger partial charge in [-0.1, -0.05) is 31.4 Å². The van der Waals surface area contributed by atoms with Gasteiger partial charge in [-0.3, -0.25) is 4.79 Å². The van der Waals surface area contributed by atoms with Gasteiger partial charge < -0.3 is 14.2 Å². The smallest absolute Gasteiger partial charge is 0.389 e. The molecule has 1 aliphatic heterocycles. The Morgan fingerprint density at radius 1 is 0.946 bits per heavy atom. The monoisotopic (exact) mass is 522 g/mol. The van der Waals surface area contributed by atoms with Gasteiger partial charge in [0.2, 0.25) is 0 Å². The lowest BCUT2D eigenvalue weighted by molar-refractivity contribution is -0.140. The van der Waals surface area contributed by atoms with Crippen LogP contribution in [0.5, 0.6) is 5.75 Å². The van der Waals surface area contributed by atoms with Gasteiger partial charge >= 0.3 is 18.1 Å². The number of halogens is 3. The van der Waals surface area contributed by atoms with Crippen LogP contribution in [-0.2, 0) is 19.1 Å². The third-order valence-corrected chi connectivity index (χ3v) is 8.06. The Hall–Kier alpha value is -2.35. The summed E-state index contributed by atoms with van der Waals surface area (Å²) in [4.78, 5) is 24.4. The number of hydrogen-bond donors (Lipinski definition) is 0. The topological polar surface area (TPSA) is 65.1 Å². The van der Waals surface area contributed by atoms with Crippen molar-refractivity contribution in [1.82, 2.24) is 0 Å². The summed E-state index contributed by atoms with van der Waals surface area (Å²) in [7, 11) is 0. The van der Waals surface area contributed by atoms with Crippen molar-refractivity contribution in [3.63, 3.8) is 0 Å². The van der Waals surface area contributed by atoms with E-state index in [1.165, 1.54) is 6.08 Å². The van der Waals surface area contributed by atoms with E-state index < -0.39 is 18.6 Å². The zero-order valence-corrected chi connectivity index (χ0v) is 21.2. The second-order valence-electron chi connectivity index (χ2n) is 10.8. The molecule has 8 heteroatoms. The molecule has 0 radical (unpaired) electrons. The minimum absolute atomic E-state index is 0.0357. The van der Waals surface area contributed by atoms with Crippen LogP contribution in [0, 0.1) is 23.7 Å². The lowest BCUT2D eigenvalue weighted by Gasteiger charge is -2.37. The predicted molar refractivity (Wildman–Crippen MR) is 133 cm³/mol. The fraction of sp³-hybridized carbons (Fsp3) is 0.655. The summed E-state index contributed by atoms with van der Waals surface area (Å²) in [5.74, 6) is 1.45. The van der Waals surface area contributed by atoms with E-state index in [9.17, 15) is 22.8 Å². The molecule has 1 unspecified atom stereocenters. The van der Waals surface area contributed by atoms with E-state index in [0.29, 0.717) is 36.5 Å². The number of alkyl halides is 3. The number of rotatable bonds is 10. The average molecular weight is 523 g/mol. The van der Waals surface area contributed by atoms with Crippen LogP contribution in [0.1, 0.15) is 76.2 Å². The van der Waals surface area contributed by atoms with Crippen molar-refractivity contribution in [2.75, 3.05) is 13.2 Å². The van der Waals surface area contributed by atoms with Crippen molar-refractivity contribution >= 4 is 18.0 Å². The first-order valence-electron chi connectivity index (χ1n) is 13.6. The first kappa shape index (κ1) is 27.7. The third kappa shape index (κ3) is 9.47. The Bertz CT molecular complexity index is 906. The molecule has 0 aromatic heterocycles. The number of hydrogen-bond acceptors (Lipinski definition) is 5. The van der Waals surface area contributed by atoms with Crippen LogP contribution in [0.2, 0.25) is 0 Å². The van der Waals surface area contributed by atoms with Crippen LogP contribution in [0.4, 0.5) is 13.2 Å². The molecule has 3 aliphatic rings. The molecule has 0 N–H and O–H groups in total. The summed E-state index contributed by atoms with van der Waals surface area (Å²) in [6.07, 6.45) is 7.21. The first-order chi connectivity index (χ1) is 17.7. The van der Waals surface area contributed by atoms with Gasteiger partial charge in [0.25, 0.3) is 0 Å². The van der Waals surface area contributed by atoms with Gasteiger partial charge in [0.1, 0.15) is 18.5 Å². The van der Waals surface area contributed by atoms with Gasteiger partial charge in [-0.2, -0.15) is 13.2 Å². The van der Waals surface area contributed by atoms with E-state index in [1.54, 1.807) is 30.3 Å². The summed E-state index contributed by atoms with van der Waals surface area (Å²) in [5, 5.41) is 0. The molecule has 5 nitrogen and oxygen atoms in total. The van der Waals surface area contributed by atoms with Gasteiger partial charge in [0, 0.05) is 12.5 Å². The molecule has 0 amide bonds. The van der Waals surface area contributed by atoms with E-state index >= 15 is 0 Å². The number of epoxide rings is 1. The molecule has 0 bridgehead atoms. The summed E-state index contributed by atoms with van der Waals surface area (Å²) >= 11 is 0. The van der Waals surface area contributed by atoms with E-state index in [2.05, 4.69) is 0 Å². The highest BCUT2D eigenvalue weighted by Crippen LogP contribution is 2.42. The molecule has 4 rings (SSSR count). The Kier molecular flexibility index (Phi) is 9.68. The second-order valence-corrected chi connectivity index (χ2v) is 10.8. The lowest BCUT2D eigenvalue weighted by Crippen LogP contribution is -2.30. The van der Waals surface area contributed by atoms with Gasteiger partial charge in [-0.25, -0.2) is 4.79 Å². The van der Waals surface area contributed by atoms with Crippen LogP contribution in [0.25, 0.3) is 6.08 Å². The van der Waals surface area contributed by atoms with Crippen LogP contribution in [0.15, 0.2) is 30.3 Å². The van der Waals surface area contributed by atoms with E-state index in [1.807, 2.05) is 0 Å². The molecule has 2 saturated carbocycles. The van der Waals surface area contributed by atoms with Crippen LogP contribution < -0.4 is 4.74 Å². The number of esters is 2. The van der Waals surface area contributed by atoms with Crippen molar-refractivity contribution in [3.05, 3.63) is 35.9 Å². The molecular formula is C29H37F3O5. The molecule has 1 aromatic rings. The molecule has 1 atom stereocenters. The third-order valence-electron chi connectivity index (χ3n) is 8.06. The van der Waals surface area contributed by atoms with E-state index in [0.717, 1.165) is 56.9 Å². The van der Waals surface area contributed by atoms with Gasteiger partial charge in [0.15, 0.2) is 0 Å². The zero-order valence-electron chi connectivity index (χ0n) is 21.2. The van der Waals surface area contributed by atoms with Crippen molar-refractivity contribution in [3.8, 4) is 5.75 Å². The maximum Gasteiger partial charge on any atom is 0.389 e. The fourth-order valence-corrected chi connectivity index (χ4v) is 5.76. The number of ether oxygens (including phenoxy) is 3. The SMILES string of the molecule is O=C(C=Cc1ccc(OC(=O)C2CCC(C3CCC(CCCC(F)(F)F)CC3)CC2)cc1)OCC1CO1. The average Bonchev–Trinajstić information content (AvgIpc) is 3.71. The van der Waals surface area contributed by atoms with Crippen LogP contribution >= 0.6 is 0 Å². The van der Waals surface area contributed by atoms with Crippen molar-refractivity contribution in [2.45, 2.75) is 82.9 Å². The van der Waals surface area contributed by atoms with Gasteiger partial charge in [0.05, 0.1) is 12.5 Å². The molecule has 1 heterocycles. The van der Waals surface area contributed by atoms with E-state index in [4.69, 9.17) is 14.2 Å². The van der Waals surface area contributed by atoms with Gasteiger partial charge in [-0.05, 0) is 86.5 Å². The quantitative estimate of drug-likeness (QED) is 0.145. The highest BCUT2D eigenvalue weighted by Gasteiger charge is 2.34. The number of carbonyl (C=O) groups is 2. The summed E-state index contributed by atoms with van der Waals surface area (Å²) in [5.41, 5.74) is 0.801. The van der Waals surface area contributed by atoms with Gasteiger partial charge in [-0.15, -0.1) is 0 Å². The minimum Gasteiger partial charge on any atom is -0.460 e. The Labute approximate surface area is 216 Å². The zero-order chi connectivity index (χ0) is 26.3. The Balaban J connectivity index is 1.13. The Morgan fingerprint density at radius 3 is 2.16 bits per heavy atom. The van der Waals surface area contributed by atoms with Crippen LogP contribution in [0.3, 0.4) is 0 Å². The second kappa shape index (κ2) is 12.9. The maximum absolute atomic E-state index is 12.7. The fourth-order valence-electron chi connectivity index (χ4n) is 5.76. The molecule has 1 saturated heterocycles. The maximum atomic E-state index is 12.7. The predicted octanol–water partition coefficient (Wildman–Crippen LogP) is 6.89. The molecular weight excluding hydrogens is 485 g/mol. The standard InChI is InChI=1S/C29H37F3O5/c30-29(31,32)17-1-2-20-3-8-22(9-4-20)23-10-12-24(13-11-23)28(34)37-25-14-5-21(6-15-25)7-16-27(33)36-19-26-18-35-26/h5-7,14-16,20,22-24,26H,1-4,8-13,17-19H2. The summed E-state index contributed by atoms with van der Waals surface area (Å²) < 4.78 is 52.8. The first-order valence-corrected chi connectivity index (χ1v) is 13.6. The highest BCUT2D eigenvalue weighted by atomic mass is 19.4. The molecule has 1 aromatic carbocycles. The molecule has 204 valence electrons. The molecule has 3 fully saturated rings. The highest BCUT2D eigenvalue weighted by molar-refractivity contribution is 5.87. The normalized spacial score (nSPS) is 28.1. The lowest BCUT2D eigenvalue weighted by atomic mass is 9.68. The van der Waals surface area contributed by atoms with Crippen LogP contribution in [-0.4, -0.2) is 37.4 Å². The number of carbonyl (C=O) groups excluding carboxylic acids is 2. The van der Waals surface area contributed by atoms with Crippen molar-refractivity contribution in [2.24, 2.45) is 23.7 Å². The largest absolute Gasteiger partial charge is 0.460 e. The molecule has 37 heavy (non-hydrogen) atoms. The van der Waals surface area contributed by atoms with Crippen molar-refractivity contribution in [1.29, 1.82) is 0 Å². The molecule has 0 spiro atoms. The van der Waals surface area contributed by atoms with Crippen molar-refractivity contribution < 1.29 is 37.0 Å². The molecule has 2 aliphatic carbocycles. The Morgan fingerprint density at radius 2 is 1.57 bits per heavy atom. The minimum atomic E-state index is -4.04. The van der Waals surface area contributed by atoms with E-state index in [-0.39, 0.29) is 31.0 Å². The summed E-state index contributed by atoms with van der Waals surface area (Å²) in [6.45, 7) is 0.911. The number of benzene rings is 1.